The number of nitrogens with zero attached hydrogens (tertiary/aromatic N) is 2. The van der Waals surface area contributed by atoms with Gasteiger partial charge in [0.2, 0.25) is 11.8 Å². The summed E-state index contributed by atoms with van der Waals surface area (Å²) in [5.41, 5.74) is 1.83. The SMILES string of the molecule is CC(C)C(=O)N1CCC[C@H]1C(=O)N[C@H](C)c1nc2ccccc2[nH]1. The largest absolute Gasteiger partial charge is 0.345 e. The predicted octanol–water partition coefficient (Wildman–Crippen LogP) is 2.39. The van der Waals surface area contributed by atoms with Gasteiger partial charge in [-0.15, -0.1) is 0 Å². The Hall–Kier alpha value is -2.37. The molecule has 0 unspecified atom stereocenters. The second kappa shape index (κ2) is 6.63. The number of hydrogen-bond donors (Lipinski definition) is 2. The molecule has 2 N–H and O–H groups in total. The highest BCUT2D eigenvalue weighted by atomic mass is 16.2. The van der Waals surface area contributed by atoms with Crippen LogP contribution in [0, 0.1) is 5.92 Å². The summed E-state index contributed by atoms with van der Waals surface area (Å²) in [4.78, 5) is 34.4. The maximum Gasteiger partial charge on any atom is 0.243 e. The Labute approximate surface area is 141 Å². The van der Waals surface area contributed by atoms with E-state index in [9.17, 15) is 9.59 Å². The van der Waals surface area contributed by atoms with Crippen LogP contribution in [0.25, 0.3) is 11.0 Å². The highest BCUT2D eigenvalue weighted by molar-refractivity contribution is 5.89. The van der Waals surface area contributed by atoms with Gasteiger partial charge in [0.05, 0.1) is 17.1 Å². The first-order valence-corrected chi connectivity index (χ1v) is 8.53. The van der Waals surface area contributed by atoms with Crippen LogP contribution in [0.2, 0.25) is 0 Å². The Morgan fingerprint density at radius 2 is 2.04 bits per heavy atom. The van der Waals surface area contributed by atoms with Crippen LogP contribution in [-0.2, 0) is 9.59 Å². The molecule has 0 spiro atoms. The van der Waals surface area contributed by atoms with Gasteiger partial charge < -0.3 is 15.2 Å². The van der Waals surface area contributed by atoms with Gasteiger partial charge in [-0.3, -0.25) is 9.59 Å². The van der Waals surface area contributed by atoms with E-state index in [0.29, 0.717) is 6.54 Å². The van der Waals surface area contributed by atoms with Crippen molar-refractivity contribution >= 4 is 22.8 Å². The summed E-state index contributed by atoms with van der Waals surface area (Å²) in [6.45, 7) is 6.30. The number of para-hydroxylation sites is 2. The van der Waals surface area contributed by atoms with E-state index in [1.807, 2.05) is 45.0 Å². The lowest BCUT2D eigenvalue weighted by atomic mass is 10.1. The quantitative estimate of drug-likeness (QED) is 0.904. The first kappa shape index (κ1) is 16.5. The van der Waals surface area contributed by atoms with Crippen LogP contribution >= 0.6 is 0 Å². The summed E-state index contributed by atoms with van der Waals surface area (Å²) >= 11 is 0. The van der Waals surface area contributed by atoms with Gasteiger partial charge >= 0.3 is 0 Å². The minimum atomic E-state index is -0.369. The molecule has 1 saturated heterocycles. The van der Waals surface area contributed by atoms with E-state index >= 15 is 0 Å². The third-order valence-electron chi connectivity index (χ3n) is 4.51. The lowest BCUT2D eigenvalue weighted by Gasteiger charge is -2.26. The van der Waals surface area contributed by atoms with Crippen molar-refractivity contribution in [2.75, 3.05) is 6.54 Å². The molecule has 0 saturated carbocycles. The maximum atomic E-state index is 12.6. The minimum Gasteiger partial charge on any atom is -0.345 e. The van der Waals surface area contributed by atoms with E-state index < -0.39 is 0 Å². The number of hydrogen-bond acceptors (Lipinski definition) is 3. The molecule has 1 fully saturated rings. The monoisotopic (exact) mass is 328 g/mol. The van der Waals surface area contributed by atoms with Crippen LogP contribution in [0.5, 0.6) is 0 Å². The molecule has 0 bridgehead atoms. The van der Waals surface area contributed by atoms with E-state index in [-0.39, 0.29) is 29.8 Å². The standard InChI is InChI=1S/C18H24N4O2/c1-11(2)18(24)22-10-6-9-15(22)17(23)19-12(3)16-20-13-7-4-5-8-14(13)21-16/h4-5,7-8,11-12,15H,6,9-10H2,1-3H3,(H,19,23)(H,20,21)/t12-,15+/m1/s1. The average Bonchev–Trinajstić information content (AvgIpc) is 3.20. The number of benzene rings is 1. The van der Waals surface area contributed by atoms with Crippen LogP contribution in [0.15, 0.2) is 24.3 Å². The average molecular weight is 328 g/mol. The van der Waals surface area contributed by atoms with Crippen molar-refractivity contribution in [1.82, 2.24) is 20.2 Å². The fourth-order valence-electron chi connectivity index (χ4n) is 3.19. The number of likely N-dealkylation sites (tertiary alicyclic amines) is 1. The lowest BCUT2D eigenvalue weighted by Crippen LogP contribution is -2.47. The topological polar surface area (TPSA) is 78.1 Å². The third-order valence-corrected chi connectivity index (χ3v) is 4.51. The predicted molar refractivity (Wildman–Crippen MR) is 92.2 cm³/mol. The van der Waals surface area contributed by atoms with Crippen LogP contribution in [0.1, 0.15) is 45.5 Å². The molecule has 1 aliphatic heterocycles. The second-order valence-corrected chi connectivity index (χ2v) is 6.71. The molecule has 2 aromatic rings. The fraction of sp³-hybridized carbons (Fsp3) is 0.500. The lowest BCUT2D eigenvalue weighted by molar-refractivity contribution is -0.141. The molecule has 128 valence electrons. The summed E-state index contributed by atoms with van der Waals surface area (Å²) in [7, 11) is 0. The van der Waals surface area contributed by atoms with Crippen molar-refractivity contribution in [2.24, 2.45) is 5.92 Å². The summed E-state index contributed by atoms with van der Waals surface area (Å²) in [5, 5.41) is 3.00. The van der Waals surface area contributed by atoms with E-state index in [4.69, 9.17) is 0 Å². The first-order chi connectivity index (χ1) is 11.5. The zero-order valence-corrected chi connectivity index (χ0v) is 14.4. The molecule has 1 aromatic heterocycles. The van der Waals surface area contributed by atoms with Gasteiger partial charge in [0.15, 0.2) is 0 Å². The number of carbonyl (C=O) groups is 2. The van der Waals surface area contributed by atoms with Gasteiger partial charge in [-0.05, 0) is 31.9 Å². The Balaban J connectivity index is 1.70. The van der Waals surface area contributed by atoms with E-state index in [1.165, 1.54) is 0 Å². The number of carbonyl (C=O) groups excluding carboxylic acids is 2. The van der Waals surface area contributed by atoms with Gasteiger partial charge in [0.1, 0.15) is 11.9 Å². The molecular weight excluding hydrogens is 304 g/mol. The summed E-state index contributed by atoms with van der Waals surface area (Å²) < 4.78 is 0. The zero-order chi connectivity index (χ0) is 17.3. The number of aromatic nitrogens is 2. The van der Waals surface area contributed by atoms with Crippen molar-refractivity contribution in [3.63, 3.8) is 0 Å². The fourth-order valence-corrected chi connectivity index (χ4v) is 3.19. The molecule has 2 heterocycles. The molecular formula is C18H24N4O2. The van der Waals surface area contributed by atoms with Crippen molar-refractivity contribution in [3.05, 3.63) is 30.1 Å². The summed E-state index contributed by atoms with van der Waals surface area (Å²) in [6.07, 6.45) is 1.59. The minimum absolute atomic E-state index is 0.0454. The second-order valence-electron chi connectivity index (χ2n) is 6.71. The molecule has 0 aliphatic carbocycles. The molecule has 3 rings (SSSR count). The van der Waals surface area contributed by atoms with Crippen molar-refractivity contribution in [1.29, 1.82) is 0 Å². The van der Waals surface area contributed by atoms with Crippen molar-refractivity contribution < 1.29 is 9.59 Å². The molecule has 6 nitrogen and oxygen atoms in total. The van der Waals surface area contributed by atoms with Gasteiger partial charge in [-0.2, -0.15) is 0 Å². The van der Waals surface area contributed by atoms with Crippen molar-refractivity contribution in [2.45, 2.75) is 45.7 Å². The summed E-state index contributed by atoms with van der Waals surface area (Å²) in [5.74, 6) is 0.578. The van der Waals surface area contributed by atoms with Crippen LogP contribution in [0.3, 0.4) is 0 Å². The van der Waals surface area contributed by atoms with E-state index in [2.05, 4.69) is 15.3 Å². The number of H-pyrrole nitrogens is 1. The van der Waals surface area contributed by atoms with Crippen LogP contribution in [0.4, 0.5) is 0 Å². The number of amides is 2. The van der Waals surface area contributed by atoms with E-state index in [1.54, 1.807) is 4.90 Å². The zero-order valence-electron chi connectivity index (χ0n) is 14.4. The maximum absolute atomic E-state index is 12.6. The number of rotatable bonds is 4. The molecule has 1 aromatic carbocycles. The van der Waals surface area contributed by atoms with Gasteiger partial charge in [0, 0.05) is 12.5 Å². The normalized spacial score (nSPS) is 19.0. The summed E-state index contributed by atoms with van der Waals surface area (Å²) in [6, 6.07) is 7.17. The number of imidazole rings is 1. The van der Waals surface area contributed by atoms with E-state index in [0.717, 1.165) is 29.7 Å². The molecule has 2 amide bonds. The number of nitrogens with one attached hydrogen (secondary N) is 2. The Kier molecular flexibility index (Phi) is 4.55. The van der Waals surface area contributed by atoms with Crippen LogP contribution < -0.4 is 5.32 Å². The highest BCUT2D eigenvalue weighted by Gasteiger charge is 2.35. The van der Waals surface area contributed by atoms with Crippen molar-refractivity contribution in [3.8, 4) is 0 Å². The Morgan fingerprint density at radius 3 is 2.75 bits per heavy atom. The van der Waals surface area contributed by atoms with Gasteiger partial charge in [-0.25, -0.2) is 4.98 Å². The Morgan fingerprint density at radius 1 is 1.29 bits per heavy atom. The molecule has 6 heteroatoms. The molecule has 0 radical (unpaired) electrons. The highest BCUT2D eigenvalue weighted by Crippen LogP contribution is 2.21. The first-order valence-electron chi connectivity index (χ1n) is 8.53. The molecule has 1 aliphatic rings. The Bertz CT molecular complexity index is 719. The smallest absolute Gasteiger partial charge is 0.243 e. The number of aromatic amines is 1. The van der Waals surface area contributed by atoms with Gasteiger partial charge in [0.25, 0.3) is 0 Å². The van der Waals surface area contributed by atoms with Crippen LogP contribution in [-0.4, -0.2) is 39.3 Å². The number of fused-ring (bicyclic) bond motifs is 1. The van der Waals surface area contributed by atoms with Gasteiger partial charge in [-0.1, -0.05) is 26.0 Å². The molecule has 24 heavy (non-hydrogen) atoms. The molecule has 2 atom stereocenters. The third kappa shape index (κ3) is 3.13.